The van der Waals surface area contributed by atoms with Crippen LogP contribution in [0.4, 0.5) is 11.6 Å². The van der Waals surface area contributed by atoms with Crippen molar-refractivity contribution in [2.45, 2.75) is 18.9 Å². The average molecular weight is 333 g/mol. The highest BCUT2D eigenvalue weighted by Crippen LogP contribution is 2.16. The summed E-state index contributed by atoms with van der Waals surface area (Å²) in [6, 6.07) is 7.20. The Labute approximate surface area is 139 Å². The Morgan fingerprint density at radius 3 is 2.65 bits per heavy atom. The fourth-order valence-corrected chi connectivity index (χ4v) is 2.41. The molecule has 3 rings (SSSR count). The fourth-order valence-electron chi connectivity index (χ4n) is 2.29. The Morgan fingerprint density at radius 2 is 2.00 bits per heavy atom. The van der Waals surface area contributed by atoms with Gasteiger partial charge >= 0.3 is 0 Å². The maximum atomic E-state index is 12.0. The van der Waals surface area contributed by atoms with Crippen LogP contribution in [0.15, 0.2) is 36.7 Å². The van der Waals surface area contributed by atoms with Crippen molar-refractivity contribution in [2.24, 2.45) is 0 Å². The molecule has 0 aliphatic carbocycles. The Bertz CT molecular complexity index is 655. The largest absolute Gasteiger partial charge is 0.376 e. The molecule has 1 amide bonds. The van der Waals surface area contributed by atoms with E-state index >= 15 is 0 Å². The first-order valence-electron chi connectivity index (χ1n) is 7.45. The van der Waals surface area contributed by atoms with Gasteiger partial charge in [-0.05, 0) is 37.1 Å². The normalized spacial score (nSPS) is 17.0. The molecule has 1 aromatic heterocycles. The number of carbonyl (C=O) groups excluding carboxylic acids is 1. The van der Waals surface area contributed by atoms with Crippen LogP contribution < -0.4 is 10.6 Å². The molecule has 0 bridgehead atoms. The van der Waals surface area contributed by atoms with Gasteiger partial charge in [0.25, 0.3) is 5.91 Å². The van der Waals surface area contributed by atoms with Crippen molar-refractivity contribution in [3.05, 3.63) is 47.2 Å². The second kappa shape index (κ2) is 7.39. The van der Waals surface area contributed by atoms with Crippen molar-refractivity contribution < 1.29 is 9.53 Å². The summed E-state index contributed by atoms with van der Waals surface area (Å²) in [5.74, 6) is 0.224. The number of anilines is 2. The number of ether oxygens (including phenoxy) is 1. The van der Waals surface area contributed by atoms with E-state index in [1.807, 2.05) is 12.1 Å². The van der Waals surface area contributed by atoms with E-state index < -0.39 is 0 Å². The van der Waals surface area contributed by atoms with E-state index in [0.717, 1.165) is 25.1 Å². The first kappa shape index (κ1) is 15.7. The Balaban J connectivity index is 1.55. The van der Waals surface area contributed by atoms with E-state index in [-0.39, 0.29) is 12.0 Å². The molecule has 2 aromatic rings. The van der Waals surface area contributed by atoms with Gasteiger partial charge in [0.2, 0.25) is 5.95 Å². The molecule has 2 heterocycles. The molecule has 23 heavy (non-hydrogen) atoms. The molecule has 1 aliphatic rings. The Kier molecular flexibility index (Phi) is 5.05. The molecular formula is C16H17ClN4O2. The predicted molar refractivity (Wildman–Crippen MR) is 88.1 cm³/mol. The molecule has 1 aliphatic heterocycles. The molecule has 1 unspecified atom stereocenters. The van der Waals surface area contributed by atoms with Crippen LogP contribution in [0.3, 0.4) is 0 Å². The molecule has 6 nitrogen and oxygen atoms in total. The third-order valence-electron chi connectivity index (χ3n) is 3.53. The van der Waals surface area contributed by atoms with Crippen molar-refractivity contribution in [2.75, 3.05) is 18.5 Å². The van der Waals surface area contributed by atoms with Gasteiger partial charge in [-0.1, -0.05) is 11.6 Å². The van der Waals surface area contributed by atoms with E-state index in [2.05, 4.69) is 20.6 Å². The van der Waals surface area contributed by atoms with Gasteiger partial charge < -0.3 is 15.4 Å². The number of aromatic nitrogens is 2. The molecule has 0 spiro atoms. The first-order valence-corrected chi connectivity index (χ1v) is 7.83. The molecular weight excluding hydrogens is 316 g/mol. The summed E-state index contributed by atoms with van der Waals surface area (Å²) in [5.41, 5.74) is 1.25. The third-order valence-corrected chi connectivity index (χ3v) is 3.78. The van der Waals surface area contributed by atoms with Crippen LogP contribution in [0.25, 0.3) is 0 Å². The van der Waals surface area contributed by atoms with Gasteiger partial charge in [-0.25, -0.2) is 9.97 Å². The lowest BCUT2D eigenvalue weighted by atomic mass is 10.2. The maximum absolute atomic E-state index is 12.0. The Hall–Kier alpha value is -2.18. The van der Waals surface area contributed by atoms with Gasteiger partial charge in [-0.2, -0.15) is 0 Å². The van der Waals surface area contributed by atoms with Gasteiger partial charge in [-0.15, -0.1) is 0 Å². The smallest absolute Gasteiger partial charge is 0.254 e. The van der Waals surface area contributed by atoms with Crippen LogP contribution >= 0.6 is 11.6 Å². The SMILES string of the molecule is O=C(NCC1CCCO1)c1cnc(Nc2ccc(Cl)cc2)nc1. The molecule has 0 saturated carbocycles. The second-order valence-corrected chi connectivity index (χ2v) is 5.71. The lowest BCUT2D eigenvalue weighted by Gasteiger charge is -2.10. The first-order chi connectivity index (χ1) is 11.2. The Morgan fingerprint density at radius 1 is 1.26 bits per heavy atom. The maximum Gasteiger partial charge on any atom is 0.254 e. The topological polar surface area (TPSA) is 76.1 Å². The summed E-state index contributed by atoms with van der Waals surface area (Å²) in [4.78, 5) is 20.3. The number of halogens is 1. The lowest BCUT2D eigenvalue weighted by Crippen LogP contribution is -2.31. The number of carbonyl (C=O) groups is 1. The van der Waals surface area contributed by atoms with Crippen molar-refractivity contribution >= 4 is 29.1 Å². The molecule has 1 aromatic carbocycles. The van der Waals surface area contributed by atoms with Gasteiger partial charge in [0.15, 0.2) is 0 Å². The van der Waals surface area contributed by atoms with Crippen LogP contribution in [0.2, 0.25) is 5.02 Å². The zero-order valence-corrected chi connectivity index (χ0v) is 13.2. The van der Waals surface area contributed by atoms with E-state index in [4.69, 9.17) is 16.3 Å². The monoisotopic (exact) mass is 332 g/mol. The highest BCUT2D eigenvalue weighted by molar-refractivity contribution is 6.30. The number of benzene rings is 1. The molecule has 1 fully saturated rings. The standard InChI is InChI=1S/C16H17ClN4O2/c17-12-3-5-13(6-4-12)21-16-19-8-11(9-20-16)15(22)18-10-14-2-1-7-23-14/h3-6,8-9,14H,1-2,7,10H2,(H,18,22)(H,19,20,21). The highest BCUT2D eigenvalue weighted by Gasteiger charge is 2.16. The highest BCUT2D eigenvalue weighted by atomic mass is 35.5. The van der Waals surface area contributed by atoms with Crippen molar-refractivity contribution in [3.8, 4) is 0 Å². The van der Waals surface area contributed by atoms with E-state index in [1.165, 1.54) is 12.4 Å². The molecule has 1 atom stereocenters. The number of hydrogen-bond acceptors (Lipinski definition) is 5. The van der Waals surface area contributed by atoms with Crippen LogP contribution in [0.5, 0.6) is 0 Å². The summed E-state index contributed by atoms with van der Waals surface area (Å²) >= 11 is 5.83. The summed E-state index contributed by atoms with van der Waals surface area (Å²) in [7, 11) is 0. The van der Waals surface area contributed by atoms with Crippen molar-refractivity contribution in [1.29, 1.82) is 0 Å². The summed E-state index contributed by atoms with van der Waals surface area (Å²) in [5, 5.41) is 6.54. The minimum atomic E-state index is -0.196. The van der Waals surface area contributed by atoms with E-state index in [1.54, 1.807) is 12.1 Å². The lowest BCUT2D eigenvalue weighted by molar-refractivity contribution is 0.0857. The molecule has 2 N–H and O–H groups in total. The zero-order chi connectivity index (χ0) is 16.1. The number of amides is 1. The van der Waals surface area contributed by atoms with Crippen LogP contribution in [0, 0.1) is 0 Å². The quantitative estimate of drug-likeness (QED) is 0.880. The van der Waals surface area contributed by atoms with Gasteiger partial charge in [0.05, 0.1) is 11.7 Å². The molecule has 120 valence electrons. The number of nitrogens with zero attached hydrogens (tertiary/aromatic N) is 2. The third kappa shape index (κ3) is 4.40. The second-order valence-electron chi connectivity index (χ2n) is 5.27. The average Bonchev–Trinajstić information content (AvgIpc) is 3.09. The van der Waals surface area contributed by atoms with Crippen LogP contribution in [-0.4, -0.2) is 35.1 Å². The predicted octanol–water partition coefficient (Wildman–Crippen LogP) is 2.78. The molecule has 1 saturated heterocycles. The van der Waals surface area contributed by atoms with E-state index in [0.29, 0.717) is 23.1 Å². The minimum absolute atomic E-state index is 0.116. The number of hydrogen-bond donors (Lipinski definition) is 2. The molecule has 0 radical (unpaired) electrons. The van der Waals surface area contributed by atoms with Gasteiger partial charge in [-0.3, -0.25) is 4.79 Å². The summed E-state index contributed by atoms with van der Waals surface area (Å²) < 4.78 is 5.47. The fraction of sp³-hybridized carbons (Fsp3) is 0.312. The van der Waals surface area contributed by atoms with E-state index in [9.17, 15) is 4.79 Å². The minimum Gasteiger partial charge on any atom is -0.376 e. The van der Waals surface area contributed by atoms with Crippen molar-refractivity contribution in [1.82, 2.24) is 15.3 Å². The summed E-state index contributed by atoms with van der Waals surface area (Å²) in [6.45, 7) is 1.29. The number of nitrogens with one attached hydrogen (secondary N) is 2. The number of rotatable bonds is 5. The summed E-state index contributed by atoms with van der Waals surface area (Å²) in [6.07, 6.45) is 5.15. The van der Waals surface area contributed by atoms with Gasteiger partial charge in [0.1, 0.15) is 0 Å². The van der Waals surface area contributed by atoms with Gasteiger partial charge in [0, 0.05) is 36.3 Å². The van der Waals surface area contributed by atoms with Crippen LogP contribution in [0.1, 0.15) is 23.2 Å². The molecule has 7 heteroatoms. The van der Waals surface area contributed by atoms with Crippen LogP contribution in [-0.2, 0) is 4.74 Å². The zero-order valence-electron chi connectivity index (χ0n) is 12.5. The van der Waals surface area contributed by atoms with Crippen molar-refractivity contribution in [3.63, 3.8) is 0 Å².